The van der Waals surface area contributed by atoms with Crippen LogP contribution in [0, 0.1) is 0 Å². The van der Waals surface area contributed by atoms with Crippen LogP contribution in [0.3, 0.4) is 0 Å². The molecular formula is C23H29N4O6S+. The van der Waals surface area contributed by atoms with Crippen molar-refractivity contribution < 1.29 is 28.8 Å². The van der Waals surface area contributed by atoms with Gasteiger partial charge in [0.2, 0.25) is 10.0 Å². The van der Waals surface area contributed by atoms with Gasteiger partial charge >= 0.3 is 5.97 Å². The number of hydrogen-bond donors (Lipinski definition) is 4. The summed E-state index contributed by atoms with van der Waals surface area (Å²) in [6, 6.07) is 4.97. The van der Waals surface area contributed by atoms with Crippen molar-refractivity contribution in [1.82, 2.24) is 14.4 Å². The fourth-order valence-corrected chi connectivity index (χ4v) is 4.22. The molecule has 2 aromatic rings. The van der Waals surface area contributed by atoms with Crippen molar-refractivity contribution in [3.63, 3.8) is 0 Å². The second-order valence-electron chi connectivity index (χ2n) is 7.12. The summed E-state index contributed by atoms with van der Waals surface area (Å²) in [7, 11) is -4.12. The zero-order valence-corrected chi connectivity index (χ0v) is 19.7. The highest BCUT2D eigenvalue weighted by Gasteiger charge is 2.26. The number of carbonyl (C=O) groups is 1. The number of pyridine rings is 2. The smallest absolute Gasteiger partial charge is 0.323 e. The lowest BCUT2D eigenvalue weighted by molar-refractivity contribution is -0.370. The molecule has 0 saturated carbocycles. The van der Waals surface area contributed by atoms with Gasteiger partial charge in [0.25, 0.3) is 5.56 Å². The number of nitrogens with one attached hydrogen (secondary N) is 2. The van der Waals surface area contributed by atoms with E-state index in [1.54, 1.807) is 31.3 Å². The average Bonchev–Trinajstić information content (AvgIpc) is 2.79. The van der Waals surface area contributed by atoms with Gasteiger partial charge in [0.15, 0.2) is 0 Å². The quantitative estimate of drug-likeness (QED) is 0.299. The van der Waals surface area contributed by atoms with Crippen LogP contribution < -0.4 is 26.1 Å². The van der Waals surface area contributed by atoms with Gasteiger partial charge in [-0.1, -0.05) is 25.3 Å². The summed E-state index contributed by atoms with van der Waals surface area (Å²) in [6.07, 6.45) is 6.96. The van der Waals surface area contributed by atoms with E-state index in [0.29, 0.717) is 30.0 Å². The maximum Gasteiger partial charge on any atom is 0.323 e. The lowest BCUT2D eigenvalue weighted by Gasteiger charge is -2.18. The minimum atomic E-state index is -4.12. The molecule has 2 rings (SSSR count). The second kappa shape index (κ2) is 12.0. The van der Waals surface area contributed by atoms with Gasteiger partial charge < -0.3 is 20.9 Å². The fourth-order valence-electron chi connectivity index (χ4n) is 2.93. The zero-order valence-electron chi connectivity index (χ0n) is 18.9. The molecule has 0 aliphatic heterocycles. The molecule has 0 saturated heterocycles. The van der Waals surface area contributed by atoms with Crippen molar-refractivity contribution in [2.24, 2.45) is 0 Å². The van der Waals surface area contributed by atoms with Crippen LogP contribution in [-0.4, -0.2) is 49.6 Å². The third-order valence-electron chi connectivity index (χ3n) is 4.57. The van der Waals surface area contributed by atoms with Gasteiger partial charge in [-0.2, -0.15) is 4.72 Å². The molecule has 2 heterocycles. The lowest BCUT2D eigenvalue weighted by atomic mass is 10.1. The number of carboxylic acid groups (broad SMARTS) is 1. The van der Waals surface area contributed by atoms with E-state index in [4.69, 9.17) is 4.74 Å². The Labute approximate surface area is 197 Å². The Morgan fingerprint density at radius 2 is 2.09 bits per heavy atom. The molecule has 0 aromatic carbocycles. The first kappa shape index (κ1) is 26.6. The lowest BCUT2D eigenvalue weighted by Crippen LogP contribution is -2.52. The van der Waals surface area contributed by atoms with Crippen LogP contribution >= 0.6 is 0 Å². The Morgan fingerprint density at radius 3 is 2.71 bits per heavy atom. The van der Waals surface area contributed by atoms with E-state index in [-0.39, 0.29) is 22.7 Å². The molecule has 0 fully saturated rings. The highest BCUT2D eigenvalue weighted by molar-refractivity contribution is 7.93. The summed E-state index contributed by atoms with van der Waals surface area (Å²) in [6.45, 7) is 9.67. The van der Waals surface area contributed by atoms with Crippen molar-refractivity contribution >= 4 is 27.2 Å². The highest BCUT2D eigenvalue weighted by Crippen LogP contribution is 2.16. The van der Waals surface area contributed by atoms with Crippen LogP contribution in [0.2, 0.25) is 0 Å². The topological polar surface area (TPSA) is 154 Å². The normalized spacial score (nSPS) is 13.1. The Hall–Kier alpha value is -3.67. The predicted octanol–water partition coefficient (Wildman–Crippen LogP) is 0.499. The number of hydrogen-bond acceptors (Lipinski definition) is 6. The molecule has 182 valence electrons. The van der Waals surface area contributed by atoms with Crippen LogP contribution in [0.4, 0.5) is 0 Å². The van der Waals surface area contributed by atoms with Crippen molar-refractivity contribution in [2.45, 2.75) is 13.0 Å². The summed E-state index contributed by atoms with van der Waals surface area (Å²) in [5.41, 5.74) is 4.64. The van der Waals surface area contributed by atoms with Gasteiger partial charge in [0.05, 0.1) is 11.1 Å². The third-order valence-corrected chi connectivity index (χ3v) is 6.06. The minimum Gasteiger partial charge on any atom is -0.486 e. The van der Waals surface area contributed by atoms with Crippen LogP contribution in [0.1, 0.15) is 12.5 Å². The number of carboxylic acids is 1. The molecule has 34 heavy (non-hydrogen) atoms. The SMILES string of the molecule is C=C/C=C(\C=C/C)S(=O)(=O)NC(CNC(=C)c1cc(=O)n2cc(OCC[NH3+])ccc2c1)C(=O)O. The molecule has 1 atom stereocenters. The summed E-state index contributed by atoms with van der Waals surface area (Å²) in [5, 5.41) is 12.3. The van der Waals surface area contributed by atoms with Crippen LogP contribution in [-0.2, 0) is 14.8 Å². The molecule has 2 aromatic heterocycles. The number of rotatable bonds is 13. The molecule has 1 unspecified atom stereocenters. The summed E-state index contributed by atoms with van der Waals surface area (Å²) < 4.78 is 34.2. The first-order valence-electron chi connectivity index (χ1n) is 10.3. The monoisotopic (exact) mass is 489 g/mol. The molecule has 0 aliphatic rings. The zero-order chi connectivity index (χ0) is 25.3. The van der Waals surface area contributed by atoms with Crippen LogP contribution in [0.15, 0.2) is 77.6 Å². The van der Waals surface area contributed by atoms with Gasteiger partial charge in [0, 0.05) is 29.4 Å². The van der Waals surface area contributed by atoms with E-state index < -0.39 is 22.0 Å². The number of fused-ring (bicyclic) bond motifs is 1. The van der Waals surface area contributed by atoms with E-state index in [1.165, 1.54) is 34.8 Å². The largest absolute Gasteiger partial charge is 0.486 e. The molecule has 0 bridgehead atoms. The van der Waals surface area contributed by atoms with Crippen LogP contribution in [0.5, 0.6) is 5.75 Å². The third kappa shape index (κ3) is 6.91. The maximum atomic E-state index is 12.6. The average molecular weight is 490 g/mol. The number of allylic oxidation sites excluding steroid dienone is 4. The molecule has 0 spiro atoms. The van der Waals surface area contributed by atoms with Crippen molar-refractivity contribution in [3.05, 3.63) is 88.7 Å². The van der Waals surface area contributed by atoms with E-state index in [1.807, 2.05) is 0 Å². The Bertz CT molecular complexity index is 1290. The molecule has 0 radical (unpaired) electrons. The van der Waals surface area contributed by atoms with E-state index in [0.717, 1.165) is 0 Å². The molecule has 6 N–H and O–H groups in total. The molecule has 11 heteroatoms. The maximum absolute atomic E-state index is 12.6. The van der Waals surface area contributed by atoms with Crippen molar-refractivity contribution in [1.29, 1.82) is 0 Å². The Kier molecular flexibility index (Phi) is 9.36. The first-order valence-corrected chi connectivity index (χ1v) is 11.8. The van der Waals surface area contributed by atoms with Gasteiger partial charge in [-0.05, 0) is 37.3 Å². The molecular weight excluding hydrogens is 460 g/mol. The molecule has 0 aliphatic carbocycles. The van der Waals surface area contributed by atoms with Gasteiger partial charge in [-0.15, -0.1) is 0 Å². The standard InChI is InChI=1S/C23H28N4O6S/c1-4-6-20(7-5-2)34(31,32)26-21(23(29)30)14-25-16(3)17-12-18-8-9-19(33-11-10-24)15-27(18)22(28)13-17/h4-9,12-13,15,21,25-26H,1,3,10-11,14,24H2,2H3,(H,29,30)/p+1/b7-5-,20-6+. The van der Waals surface area contributed by atoms with E-state index >= 15 is 0 Å². The number of nitrogens with zero attached hydrogens (tertiary/aromatic N) is 1. The second-order valence-corrected chi connectivity index (χ2v) is 8.83. The van der Waals surface area contributed by atoms with Crippen molar-refractivity contribution in [2.75, 3.05) is 19.7 Å². The number of quaternary nitrogens is 1. The summed E-state index contributed by atoms with van der Waals surface area (Å²) in [5.74, 6) is -0.849. The minimum absolute atomic E-state index is 0.129. The number of aromatic nitrogens is 1. The van der Waals surface area contributed by atoms with E-state index in [9.17, 15) is 23.1 Å². The van der Waals surface area contributed by atoms with E-state index in [2.05, 4.69) is 28.9 Å². The highest BCUT2D eigenvalue weighted by atomic mass is 32.2. The molecule has 0 amide bonds. The van der Waals surface area contributed by atoms with Gasteiger partial charge in [-0.25, -0.2) is 8.42 Å². The predicted molar refractivity (Wildman–Crippen MR) is 131 cm³/mol. The Balaban J connectivity index is 2.20. The number of aliphatic carboxylic acids is 1. The van der Waals surface area contributed by atoms with Gasteiger partial charge in [-0.3, -0.25) is 14.0 Å². The first-order chi connectivity index (χ1) is 16.1. The van der Waals surface area contributed by atoms with Gasteiger partial charge in [0.1, 0.15) is 24.9 Å². The number of ether oxygens (including phenoxy) is 1. The summed E-state index contributed by atoms with van der Waals surface area (Å²) >= 11 is 0. The van der Waals surface area contributed by atoms with Crippen molar-refractivity contribution in [3.8, 4) is 5.75 Å². The Morgan fingerprint density at radius 1 is 1.35 bits per heavy atom. The molecule has 10 nitrogen and oxygen atoms in total. The van der Waals surface area contributed by atoms with Crippen LogP contribution in [0.25, 0.3) is 11.2 Å². The number of sulfonamides is 1. The summed E-state index contributed by atoms with van der Waals surface area (Å²) in [4.78, 5) is 24.1. The fraction of sp³-hybridized carbons (Fsp3) is 0.217.